The lowest BCUT2D eigenvalue weighted by Crippen LogP contribution is -2.40. The Kier molecular flexibility index (Phi) is 3.10. The van der Waals surface area contributed by atoms with Gasteiger partial charge in [-0.2, -0.15) is 0 Å². The summed E-state index contributed by atoms with van der Waals surface area (Å²) in [6, 6.07) is 8.61. The molecule has 1 aliphatic heterocycles. The maximum absolute atomic E-state index is 12.3. The van der Waals surface area contributed by atoms with Crippen molar-refractivity contribution in [2.45, 2.75) is 12.8 Å². The SMILES string of the molecule is O=C1CCN(C(=O)c2cc3ccccc3oc2=O)CC1. The third-order valence-electron chi connectivity index (χ3n) is 3.48. The number of likely N-dealkylation sites (tertiary alicyclic amines) is 1. The van der Waals surface area contributed by atoms with E-state index in [1.165, 1.54) is 4.90 Å². The Hall–Kier alpha value is -2.43. The molecule has 1 saturated heterocycles. The van der Waals surface area contributed by atoms with E-state index in [1.54, 1.807) is 24.3 Å². The number of carbonyl (C=O) groups excluding carboxylic acids is 2. The summed E-state index contributed by atoms with van der Waals surface area (Å²) < 4.78 is 5.16. The first-order valence-electron chi connectivity index (χ1n) is 6.49. The van der Waals surface area contributed by atoms with Crippen molar-refractivity contribution in [2.75, 3.05) is 13.1 Å². The molecule has 1 aliphatic rings. The maximum atomic E-state index is 12.3. The van der Waals surface area contributed by atoms with Crippen LogP contribution in [-0.4, -0.2) is 29.7 Å². The minimum absolute atomic E-state index is 0.0260. The lowest BCUT2D eigenvalue weighted by Gasteiger charge is -2.25. The smallest absolute Gasteiger partial charge is 0.349 e. The molecule has 102 valence electrons. The second-order valence-electron chi connectivity index (χ2n) is 4.82. The normalized spacial score (nSPS) is 15.6. The average Bonchev–Trinajstić information content (AvgIpc) is 2.46. The zero-order valence-corrected chi connectivity index (χ0v) is 10.8. The van der Waals surface area contributed by atoms with Crippen LogP contribution in [0.4, 0.5) is 0 Å². The van der Waals surface area contributed by atoms with Crippen LogP contribution in [-0.2, 0) is 4.79 Å². The summed E-state index contributed by atoms with van der Waals surface area (Å²) in [6.07, 6.45) is 0.704. The molecule has 0 aliphatic carbocycles. The minimum atomic E-state index is -0.634. The van der Waals surface area contributed by atoms with Crippen LogP contribution in [0.2, 0.25) is 0 Å². The Morgan fingerprint density at radius 1 is 1.10 bits per heavy atom. The Labute approximate surface area is 114 Å². The Morgan fingerprint density at radius 2 is 1.80 bits per heavy atom. The molecule has 0 atom stereocenters. The third kappa shape index (κ3) is 2.22. The molecule has 5 heteroatoms. The molecule has 1 aromatic carbocycles. The highest BCUT2D eigenvalue weighted by Crippen LogP contribution is 2.15. The number of nitrogens with zero attached hydrogens (tertiary/aromatic N) is 1. The Bertz CT molecular complexity index is 737. The first kappa shape index (κ1) is 12.6. The molecule has 0 saturated carbocycles. The summed E-state index contributed by atoms with van der Waals surface area (Å²) in [6.45, 7) is 0.730. The predicted molar refractivity (Wildman–Crippen MR) is 72.6 cm³/mol. The van der Waals surface area contributed by atoms with E-state index < -0.39 is 5.63 Å². The number of benzene rings is 1. The van der Waals surface area contributed by atoms with Gasteiger partial charge < -0.3 is 9.32 Å². The monoisotopic (exact) mass is 271 g/mol. The second-order valence-corrected chi connectivity index (χ2v) is 4.82. The Morgan fingerprint density at radius 3 is 2.55 bits per heavy atom. The van der Waals surface area contributed by atoms with Crippen molar-refractivity contribution in [2.24, 2.45) is 0 Å². The zero-order valence-electron chi connectivity index (χ0n) is 10.8. The van der Waals surface area contributed by atoms with E-state index in [2.05, 4.69) is 0 Å². The molecule has 0 spiro atoms. The fraction of sp³-hybridized carbons (Fsp3) is 0.267. The van der Waals surface area contributed by atoms with Gasteiger partial charge in [0.1, 0.15) is 16.9 Å². The molecule has 1 fully saturated rings. The molecule has 5 nitrogen and oxygen atoms in total. The fourth-order valence-electron chi connectivity index (χ4n) is 2.34. The van der Waals surface area contributed by atoms with Crippen molar-refractivity contribution >= 4 is 22.7 Å². The average molecular weight is 271 g/mol. The number of Topliss-reactive ketones (excluding diaryl/α,β-unsaturated/α-hetero) is 1. The first-order chi connectivity index (χ1) is 9.65. The molecule has 2 aromatic rings. The van der Waals surface area contributed by atoms with Gasteiger partial charge in [0.05, 0.1) is 0 Å². The highest BCUT2D eigenvalue weighted by Gasteiger charge is 2.24. The largest absolute Gasteiger partial charge is 0.422 e. The van der Waals surface area contributed by atoms with Crippen LogP contribution >= 0.6 is 0 Å². The van der Waals surface area contributed by atoms with Gasteiger partial charge in [-0.15, -0.1) is 0 Å². The van der Waals surface area contributed by atoms with E-state index in [-0.39, 0.29) is 17.3 Å². The highest BCUT2D eigenvalue weighted by atomic mass is 16.4. The van der Waals surface area contributed by atoms with Gasteiger partial charge in [-0.25, -0.2) is 4.79 Å². The minimum Gasteiger partial charge on any atom is -0.422 e. The summed E-state index contributed by atoms with van der Waals surface area (Å²) in [4.78, 5) is 36.9. The highest BCUT2D eigenvalue weighted by molar-refractivity contribution is 5.97. The number of amides is 1. The lowest BCUT2D eigenvalue weighted by molar-refractivity contribution is -0.120. The molecular formula is C15H13NO4. The van der Waals surface area contributed by atoms with Crippen molar-refractivity contribution in [1.82, 2.24) is 4.90 Å². The van der Waals surface area contributed by atoms with Gasteiger partial charge in [0.15, 0.2) is 0 Å². The number of rotatable bonds is 1. The summed E-state index contributed by atoms with van der Waals surface area (Å²) in [5.74, 6) is -0.211. The number of hydrogen-bond acceptors (Lipinski definition) is 4. The van der Waals surface area contributed by atoms with Gasteiger partial charge in [0.25, 0.3) is 5.91 Å². The first-order valence-corrected chi connectivity index (χ1v) is 6.49. The topological polar surface area (TPSA) is 67.6 Å². The zero-order chi connectivity index (χ0) is 14.1. The van der Waals surface area contributed by atoms with Crippen LogP contribution in [0.5, 0.6) is 0 Å². The van der Waals surface area contributed by atoms with Crippen molar-refractivity contribution in [1.29, 1.82) is 0 Å². The lowest BCUT2D eigenvalue weighted by atomic mass is 10.1. The van der Waals surface area contributed by atoms with Gasteiger partial charge in [-0.05, 0) is 12.1 Å². The van der Waals surface area contributed by atoms with E-state index >= 15 is 0 Å². The molecule has 0 unspecified atom stereocenters. The van der Waals surface area contributed by atoms with E-state index in [1.807, 2.05) is 6.07 Å². The number of ketones is 1. The van der Waals surface area contributed by atoms with Crippen LogP contribution in [0.25, 0.3) is 11.0 Å². The standard InChI is InChI=1S/C15H13NO4/c17-11-5-7-16(8-6-11)14(18)12-9-10-3-1-2-4-13(10)20-15(12)19/h1-4,9H,5-8H2. The van der Waals surface area contributed by atoms with E-state index in [0.717, 1.165) is 0 Å². The third-order valence-corrected chi connectivity index (χ3v) is 3.48. The van der Waals surface area contributed by atoms with Crippen molar-refractivity contribution in [3.8, 4) is 0 Å². The van der Waals surface area contributed by atoms with Crippen LogP contribution in [0.3, 0.4) is 0 Å². The molecule has 3 rings (SSSR count). The molecule has 0 radical (unpaired) electrons. The van der Waals surface area contributed by atoms with E-state index in [4.69, 9.17) is 4.42 Å². The quantitative estimate of drug-likeness (QED) is 0.739. The van der Waals surface area contributed by atoms with Gasteiger partial charge >= 0.3 is 5.63 Å². The number of piperidine rings is 1. The number of carbonyl (C=O) groups is 2. The summed E-state index contributed by atoms with van der Waals surface area (Å²) in [5, 5.41) is 0.712. The second kappa shape index (κ2) is 4.92. The van der Waals surface area contributed by atoms with Crippen LogP contribution in [0.15, 0.2) is 39.5 Å². The molecular weight excluding hydrogens is 258 g/mol. The van der Waals surface area contributed by atoms with Crippen molar-refractivity contribution in [3.63, 3.8) is 0 Å². The van der Waals surface area contributed by atoms with Crippen molar-refractivity contribution in [3.05, 3.63) is 46.3 Å². The molecule has 20 heavy (non-hydrogen) atoms. The summed E-state index contributed by atoms with van der Waals surface area (Å²) in [7, 11) is 0. The van der Waals surface area contributed by atoms with Crippen LogP contribution in [0, 0.1) is 0 Å². The van der Waals surface area contributed by atoms with Crippen LogP contribution in [0.1, 0.15) is 23.2 Å². The summed E-state index contributed by atoms with van der Waals surface area (Å²) in [5.41, 5.74) is -0.147. The summed E-state index contributed by atoms with van der Waals surface area (Å²) >= 11 is 0. The molecule has 1 aromatic heterocycles. The molecule has 0 N–H and O–H groups in total. The predicted octanol–water partition coefficient (Wildman–Crippen LogP) is 1.60. The molecule has 1 amide bonds. The van der Waals surface area contributed by atoms with Gasteiger partial charge in [0.2, 0.25) is 0 Å². The fourth-order valence-corrected chi connectivity index (χ4v) is 2.34. The maximum Gasteiger partial charge on any atom is 0.349 e. The molecule has 0 bridgehead atoms. The van der Waals surface area contributed by atoms with Gasteiger partial charge in [-0.3, -0.25) is 9.59 Å². The van der Waals surface area contributed by atoms with E-state index in [0.29, 0.717) is 36.9 Å². The van der Waals surface area contributed by atoms with Gasteiger partial charge in [-0.1, -0.05) is 18.2 Å². The van der Waals surface area contributed by atoms with E-state index in [9.17, 15) is 14.4 Å². The van der Waals surface area contributed by atoms with Gasteiger partial charge in [0, 0.05) is 31.3 Å². The molecule has 2 heterocycles. The number of hydrogen-bond donors (Lipinski definition) is 0. The number of fused-ring (bicyclic) bond motifs is 1. The Balaban J connectivity index is 1.97. The van der Waals surface area contributed by atoms with Crippen LogP contribution < -0.4 is 5.63 Å². The number of para-hydroxylation sites is 1. The van der Waals surface area contributed by atoms with Crippen molar-refractivity contribution < 1.29 is 14.0 Å².